The van der Waals surface area contributed by atoms with Gasteiger partial charge >= 0.3 is 0 Å². The summed E-state index contributed by atoms with van der Waals surface area (Å²) >= 11 is 0. The second kappa shape index (κ2) is 8.36. The molecule has 30 heavy (non-hydrogen) atoms. The number of pyridine rings is 1. The third-order valence-corrected chi connectivity index (χ3v) is 5.05. The Kier molecular flexibility index (Phi) is 5.47. The summed E-state index contributed by atoms with van der Waals surface area (Å²) in [6, 6.07) is 8.96. The lowest BCUT2D eigenvalue weighted by Gasteiger charge is -2.15. The van der Waals surface area contributed by atoms with E-state index in [1.807, 2.05) is 25.1 Å². The number of benzene rings is 1. The van der Waals surface area contributed by atoms with Gasteiger partial charge in [0.25, 0.3) is 5.56 Å². The lowest BCUT2D eigenvalue weighted by atomic mass is 10.1. The Hall–Kier alpha value is -3.68. The molecule has 3 heterocycles. The number of rotatable bonds is 6. The molecular formula is C22H22N4O4. The number of H-pyrrole nitrogens is 1. The van der Waals surface area contributed by atoms with Crippen molar-refractivity contribution in [3.05, 3.63) is 69.9 Å². The van der Waals surface area contributed by atoms with Gasteiger partial charge in [-0.15, -0.1) is 0 Å². The van der Waals surface area contributed by atoms with E-state index in [4.69, 9.17) is 9.47 Å². The van der Waals surface area contributed by atoms with Crippen molar-refractivity contribution in [1.29, 1.82) is 0 Å². The molecular weight excluding hydrogens is 384 g/mol. The lowest BCUT2D eigenvalue weighted by molar-refractivity contribution is -0.121. The Morgan fingerprint density at radius 1 is 1.20 bits per heavy atom. The average Bonchev–Trinajstić information content (AvgIpc) is 3.21. The van der Waals surface area contributed by atoms with E-state index in [2.05, 4.69) is 20.3 Å². The van der Waals surface area contributed by atoms with Crippen LogP contribution in [0.15, 0.2) is 47.5 Å². The Morgan fingerprint density at radius 3 is 2.73 bits per heavy atom. The number of carbonyl (C=O) groups excluding carboxylic acids is 1. The monoisotopic (exact) mass is 406 g/mol. The highest BCUT2D eigenvalue weighted by Crippen LogP contribution is 2.34. The number of nitrogens with zero attached hydrogens (tertiary/aromatic N) is 2. The van der Waals surface area contributed by atoms with Crippen LogP contribution in [0.2, 0.25) is 0 Å². The molecule has 8 heteroatoms. The molecule has 0 bridgehead atoms. The number of amides is 1. The van der Waals surface area contributed by atoms with Gasteiger partial charge in [-0.3, -0.25) is 14.6 Å². The molecule has 0 radical (unpaired) electrons. The summed E-state index contributed by atoms with van der Waals surface area (Å²) in [5.74, 6) is 1.73. The van der Waals surface area contributed by atoms with E-state index in [0.717, 1.165) is 11.1 Å². The summed E-state index contributed by atoms with van der Waals surface area (Å²) in [4.78, 5) is 36.2. The maximum atomic E-state index is 12.5. The fourth-order valence-corrected chi connectivity index (χ4v) is 3.37. The summed E-state index contributed by atoms with van der Waals surface area (Å²) in [6.07, 6.45) is 3.79. The summed E-state index contributed by atoms with van der Waals surface area (Å²) in [5, 5.41) is 2.96. The molecule has 0 fully saturated rings. The van der Waals surface area contributed by atoms with Gasteiger partial charge in [-0.2, -0.15) is 0 Å². The molecule has 3 aromatic rings. The normalized spacial score (nSPS) is 13.1. The molecule has 8 nitrogen and oxygen atoms in total. The topological polar surface area (TPSA) is 106 Å². The fourth-order valence-electron chi connectivity index (χ4n) is 3.37. The van der Waals surface area contributed by atoms with Gasteiger partial charge in [0.15, 0.2) is 11.5 Å². The van der Waals surface area contributed by atoms with E-state index in [9.17, 15) is 9.59 Å². The minimum absolute atomic E-state index is 0.142. The first-order chi connectivity index (χ1) is 14.5. The number of nitrogens with one attached hydrogen (secondary N) is 2. The van der Waals surface area contributed by atoms with Gasteiger partial charge in [0.2, 0.25) is 12.7 Å². The Labute approximate surface area is 173 Å². The Bertz CT molecular complexity index is 1130. The number of hydrogen-bond acceptors (Lipinski definition) is 6. The van der Waals surface area contributed by atoms with Crippen molar-refractivity contribution in [3.8, 4) is 22.9 Å². The maximum Gasteiger partial charge on any atom is 0.254 e. The van der Waals surface area contributed by atoms with Crippen LogP contribution in [0.3, 0.4) is 0 Å². The number of fused-ring (bicyclic) bond motifs is 1. The number of hydrogen-bond donors (Lipinski definition) is 2. The van der Waals surface area contributed by atoms with Gasteiger partial charge in [-0.25, -0.2) is 4.98 Å². The molecule has 0 spiro atoms. The first-order valence-corrected chi connectivity index (χ1v) is 9.70. The fraction of sp³-hybridized carbons (Fsp3) is 0.273. The number of carbonyl (C=O) groups is 1. The van der Waals surface area contributed by atoms with Gasteiger partial charge in [0.1, 0.15) is 5.82 Å². The number of aromatic nitrogens is 3. The van der Waals surface area contributed by atoms with Crippen LogP contribution in [0.25, 0.3) is 11.4 Å². The molecule has 1 aromatic carbocycles. The minimum atomic E-state index is -0.231. The van der Waals surface area contributed by atoms with E-state index in [1.165, 1.54) is 0 Å². The standard InChI is InChI=1S/C22H22N4O4/c1-13(16-3-5-18-19(11-16)30-12-29-18)24-20(27)6-4-17-14(2)25-21(26-22(17)28)15-7-9-23-10-8-15/h3,5,7-11,13H,4,6,12H2,1-2H3,(H,24,27)(H,25,26,28). The minimum Gasteiger partial charge on any atom is -0.454 e. The van der Waals surface area contributed by atoms with E-state index >= 15 is 0 Å². The molecule has 1 amide bonds. The highest BCUT2D eigenvalue weighted by Gasteiger charge is 2.17. The molecule has 1 unspecified atom stereocenters. The smallest absolute Gasteiger partial charge is 0.254 e. The molecule has 2 N–H and O–H groups in total. The zero-order chi connectivity index (χ0) is 21.1. The van der Waals surface area contributed by atoms with Crippen LogP contribution in [0.5, 0.6) is 11.5 Å². The second-order valence-electron chi connectivity index (χ2n) is 7.12. The molecule has 1 atom stereocenters. The molecule has 2 aromatic heterocycles. The number of aryl methyl sites for hydroxylation is 1. The van der Waals surface area contributed by atoms with Crippen molar-refractivity contribution in [2.75, 3.05) is 6.79 Å². The second-order valence-corrected chi connectivity index (χ2v) is 7.12. The highest BCUT2D eigenvalue weighted by atomic mass is 16.7. The summed E-state index contributed by atoms with van der Waals surface area (Å²) in [7, 11) is 0. The van der Waals surface area contributed by atoms with Crippen molar-refractivity contribution in [1.82, 2.24) is 20.3 Å². The van der Waals surface area contributed by atoms with Crippen molar-refractivity contribution in [2.24, 2.45) is 0 Å². The summed E-state index contributed by atoms with van der Waals surface area (Å²) in [6.45, 7) is 3.89. The van der Waals surface area contributed by atoms with Gasteiger partial charge in [0.05, 0.1) is 6.04 Å². The third kappa shape index (κ3) is 4.17. The van der Waals surface area contributed by atoms with Crippen LogP contribution >= 0.6 is 0 Å². The third-order valence-electron chi connectivity index (χ3n) is 5.05. The van der Waals surface area contributed by atoms with Gasteiger partial charge in [-0.1, -0.05) is 6.07 Å². The van der Waals surface area contributed by atoms with Crippen molar-refractivity contribution >= 4 is 5.91 Å². The predicted octanol–water partition coefficient (Wildman–Crippen LogP) is 2.68. The zero-order valence-corrected chi connectivity index (χ0v) is 16.8. The SMILES string of the molecule is Cc1nc(-c2ccncc2)[nH]c(=O)c1CCC(=O)NC(C)c1ccc2c(c1)OCO2. The molecule has 154 valence electrons. The van der Waals surface area contributed by atoms with Crippen LogP contribution in [-0.2, 0) is 11.2 Å². The van der Waals surface area contributed by atoms with Crippen LogP contribution in [0.4, 0.5) is 0 Å². The molecule has 4 rings (SSSR count). The molecule has 1 aliphatic heterocycles. The average molecular weight is 406 g/mol. The van der Waals surface area contributed by atoms with Crippen LogP contribution < -0.4 is 20.3 Å². The van der Waals surface area contributed by atoms with E-state index in [1.54, 1.807) is 31.5 Å². The molecule has 1 aliphatic rings. The van der Waals surface area contributed by atoms with E-state index in [0.29, 0.717) is 35.0 Å². The largest absolute Gasteiger partial charge is 0.454 e. The van der Waals surface area contributed by atoms with Crippen LogP contribution in [-0.4, -0.2) is 27.7 Å². The van der Waals surface area contributed by atoms with Crippen molar-refractivity contribution < 1.29 is 14.3 Å². The number of aromatic amines is 1. The van der Waals surface area contributed by atoms with Crippen molar-refractivity contribution in [3.63, 3.8) is 0 Å². The zero-order valence-electron chi connectivity index (χ0n) is 16.8. The Morgan fingerprint density at radius 2 is 1.97 bits per heavy atom. The predicted molar refractivity (Wildman–Crippen MR) is 110 cm³/mol. The summed E-state index contributed by atoms with van der Waals surface area (Å²) < 4.78 is 10.7. The van der Waals surface area contributed by atoms with Gasteiger partial charge < -0.3 is 19.8 Å². The van der Waals surface area contributed by atoms with Gasteiger partial charge in [0, 0.05) is 35.6 Å². The first-order valence-electron chi connectivity index (χ1n) is 9.70. The molecule has 0 aliphatic carbocycles. The molecule has 0 saturated carbocycles. The van der Waals surface area contributed by atoms with Crippen LogP contribution in [0.1, 0.15) is 36.2 Å². The number of ether oxygens (including phenoxy) is 2. The quantitative estimate of drug-likeness (QED) is 0.652. The van der Waals surface area contributed by atoms with Crippen molar-refractivity contribution in [2.45, 2.75) is 32.7 Å². The maximum absolute atomic E-state index is 12.5. The first kappa shape index (κ1) is 19.6. The highest BCUT2D eigenvalue weighted by molar-refractivity contribution is 5.76. The summed E-state index contributed by atoms with van der Waals surface area (Å²) in [5.41, 5.74) is 2.60. The lowest BCUT2D eigenvalue weighted by Crippen LogP contribution is -2.28. The molecule has 0 saturated heterocycles. The van der Waals surface area contributed by atoms with Crippen LogP contribution in [0, 0.1) is 6.92 Å². The van der Waals surface area contributed by atoms with E-state index in [-0.39, 0.29) is 30.7 Å². The van der Waals surface area contributed by atoms with Gasteiger partial charge in [-0.05, 0) is 50.1 Å². The van der Waals surface area contributed by atoms with E-state index < -0.39 is 0 Å². The Balaban J connectivity index is 1.39.